The summed E-state index contributed by atoms with van der Waals surface area (Å²) >= 11 is 3.44. The fraction of sp³-hybridized carbons (Fsp3) is 0.0833. The standard InChI is InChI=1S/C24H17BrN2O6/c1-31-22-13-15(5-10-21(22)32-14-16-3-2-4-18(25)11-16)12-20-24(28)33-23(26-20)17-6-8-19(9-7-17)27(29)30/h2-13H,14H2,1H3/b20-12-. The second-order valence-electron chi connectivity index (χ2n) is 6.97. The van der Waals surface area contributed by atoms with E-state index >= 15 is 0 Å². The van der Waals surface area contributed by atoms with Gasteiger partial charge in [0.1, 0.15) is 6.61 Å². The predicted octanol–water partition coefficient (Wildman–Crippen LogP) is 5.29. The molecule has 0 fully saturated rings. The van der Waals surface area contributed by atoms with Crippen molar-refractivity contribution >= 4 is 39.6 Å². The van der Waals surface area contributed by atoms with Crippen LogP contribution >= 0.6 is 15.9 Å². The zero-order valence-corrected chi connectivity index (χ0v) is 18.9. The average molecular weight is 509 g/mol. The van der Waals surface area contributed by atoms with E-state index in [1.165, 1.54) is 31.4 Å². The van der Waals surface area contributed by atoms with Gasteiger partial charge in [-0.05, 0) is 53.6 Å². The third-order valence-electron chi connectivity index (χ3n) is 4.72. The smallest absolute Gasteiger partial charge is 0.363 e. The van der Waals surface area contributed by atoms with Crippen LogP contribution in [0, 0.1) is 10.1 Å². The first-order valence-electron chi connectivity index (χ1n) is 9.75. The first-order valence-corrected chi connectivity index (χ1v) is 10.5. The minimum atomic E-state index is -0.614. The average Bonchev–Trinajstić information content (AvgIpc) is 3.18. The van der Waals surface area contributed by atoms with Crippen LogP contribution in [-0.4, -0.2) is 23.9 Å². The second-order valence-corrected chi connectivity index (χ2v) is 7.88. The van der Waals surface area contributed by atoms with E-state index in [4.69, 9.17) is 14.2 Å². The first-order chi connectivity index (χ1) is 15.9. The van der Waals surface area contributed by atoms with Gasteiger partial charge in [-0.2, -0.15) is 0 Å². The van der Waals surface area contributed by atoms with E-state index in [1.54, 1.807) is 24.3 Å². The number of cyclic esters (lactones) is 1. The normalized spacial score (nSPS) is 14.1. The minimum absolute atomic E-state index is 0.0614. The van der Waals surface area contributed by atoms with Crippen LogP contribution in [0.5, 0.6) is 11.5 Å². The molecule has 0 bridgehead atoms. The number of non-ortho nitro benzene ring substituents is 1. The van der Waals surface area contributed by atoms with Gasteiger partial charge in [0.2, 0.25) is 5.90 Å². The molecule has 33 heavy (non-hydrogen) atoms. The summed E-state index contributed by atoms with van der Waals surface area (Å²) in [5.74, 6) is 0.536. The van der Waals surface area contributed by atoms with E-state index in [9.17, 15) is 14.9 Å². The van der Waals surface area contributed by atoms with Crippen LogP contribution in [0.4, 0.5) is 5.69 Å². The van der Waals surface area contributed by atoms with E-state index in [1.807, 2.05) is 24.3 Å². The first kappa shape index (κ1) is 22.2. The van der Waals surface area contributed by atoms with Crippen molar-refractivity contribution in [3.63, 3.8) is 0 Å². The molecule has 0 saturated heterocycles. The molecule has 0 unspecified atom stereocenters. The molecule has 1 aliphatic rings. The third kappa shape index (κ3) is 5.27. The highest BCUT2D eigenvalue weighted by Gasteiger charge is 2.24. The SMILES string of the molecule is COc1cc(/C=C2\N=C(c3ccc([N+](=O)[O-])cc3)OC2=O)ccc1OCc1cccc(Br)c1. The molecule has 3 aromatic rings. The van der Waals surface area contributed by atoms with Gasteiger partial charge in [0.15, 0.2) is 17.2 Å². The van der Waals surface area contributed by atoms with Gasteiger partial charge in [0.25, 0.3) is 5.69 Å². The number of carbonyl (C=O) groups is 1. The predicted molar refractivity (Wildman–Crippen MR) is 125 cm³/mol. The third-order valence-corrected chi connectivity index (χ3v) is 5.21. The molecule has 8 nitrogen and oxygen atoms in total. The summed E-state index contributed by atoms with van der Waals surface area (Å²) in [6.45, 7) is 0.367. The number of benzene rings is 3. The zero-order chi connectivity index (χ0) is 23.4. The lowest BCUT2D eigenvalue weighted by Crippen LogP contribution is -2.05. The number of hydrogen-bond acceptors (Lipinski definition) is 7. The molecule has 166 valence electrons. The fourth-order valence-corrected chi connectivity index (χ4v) is 3.54. The maximum atomic E-state index is 12.3. The van der Waals surface area contributed by atoms with Crippen molar-refractivity contribution in [2.45, 2.75) is 6.61 Å². The molecule has 9 heteroatoms. The number of nitro benzene ring substituents is 1. The number of hydrogen-bond donors (Lipinski definition) is 0. The Labute approximate surface area is 197 Å². The highest BCUT2D eigenvalue weighted by Crippen LogP contribution is 2.31. The highest BCUT2D eigenvalue weighted by molar-refractivity contribution is 9.10. The van der Waals surface area contributed by atoms with Crippen LogP contribution in [-0.2, 0) is 16.1 Å². The lowest BCUT2D eigenvalue weighted by atomic mass is 10.1. The Balaban J connectivity index is 1.53. The molecule has 0 saturated carbocycles. The van der Waals surface area contributed by atoms with Gasteiger partial charge in [-0.1, -0.05) is 34.1 Å². The van der Waals surface area contributed by atoms with Crippen LogP contribution in [0.1, 0.15) is 16.7 Å². The van der Waals surface area contributed by atoms with Crippen molar-refractivity contribution < 1.29 is 23.9 Å². The van der Waals surface area contributed by atoms with E-state index in [2.05, 4.69) is 20.9 Å². The van der Waals surface area contributed by atoms with Gasteiger partial charge in [-0.25, -0.2) is 9.79 Å². The van der Waals surface area contributed by atoms with Gasteiger partial charge < -0.3 is 14.2 Å². The Morgan fingerprint density at radius 2 is 1.88 bits per heavy atom. The largest absolute Gasteiger partial charge is 0.493 e. The van der Waals surface area contributed by atoms with Gasteiger partial charge in [-0.15, -0.1) is 0 Å². The second kappa shape index (κ2) is 9.66. The number of halogens is 1. The minimum Gasteiger partial charge on any atom is -0.493 e. The van der Waals surface area contributed by atoms with Crippen LogP contribution in [0.25, 0.3) is 6.08 Å². The molecule has 4 rings (SSSR count). The molecular formula is C24H17BrN2O6. The maximum absolute atomic E-state index is 12.3. The number of nitrogens with zero attached hydrogens (tertiary/aromatic N) is 2. The molecule has 0 aliphatic carbocycles. The summed E-state index contributed by atoms with van der Waals surface area (Å²) in [4.78, 5) is 26.8. The number of nitro groups is 1. The molecule has 1 aliphatic heterocycles. The number of methoxy groups -OCH3 is 1. The number of esters is 1. The molecule has 0 aromatic heterocycles. The molecule has 1 heterocycles. The van der Waals surface area contributed by atoms with Crippen molar-refractivity contribution in [1.29, 1.82) is 0 Å². The van der Waals surface area contributed by atoms with E-state index in [-0.39, 0.29) is 17.3 Å². The lowest BCUT2D eigenvalue weighted by Gasteiger charge is -2.11. The van der Waals surface area contributed by atoms with Crippen molar-refractivity contribution in [2.24, 2.45) is 4.99 Å². The fourth-order valence-electron chi connectivity index (χ4n) is 3.10. The number of aliphatic imine (C=N–C) groups is 1. The summed E-state index contributed by atoms with van der Waals surface area (Å²) in [5.41, 5.74) is 2.18. The van der Waals surface area contributed by atoms with Gasteiger partial charge in [0, 0.05) is 22.2 Å². The van der Waals surface area contributed by atoms with Crippen LogP contribution in [0.15, 0.2) is 81.9 Å². The summed E-state index contributed by atoms with van der Waals surface area (Å²) in [6, 6.07) is 18.7. The van der Waals surface area contributed by atoms with E-state index in [0.717, 1.165) is 10.0 Å². The summed E-state index contributed by atoms with van der Waals surface area (Å²) < 4.78 is 17.5. The van der Waals surface area contributed by atoms with E-state index in [0.29, 0.717) is 29.2 Å². The summed E-state index contributed by atoms with van der Waals surface area (Å²) in [6.07, 6.45) is 1.57. The van der Waals surface area contributed by atoms with Gasteiger partial charge in [-0.3, -0.25) is 10.1 Å². The number of rotatable bonds is 7. The Hall–Kier alpha value is -3.98. The molecule has 0 spiro atoms. The quantitative estimate of drug-likeness (QED) is 0.186. The summed E-state index contributed by atoms with van der Waals surface area (Å²) in [7, 11) is 1.53. The highest BCUT2D eigenvalue weighted by atomic mass is 79.9. The van der Waals surface area contributed by atoms with Crippen LogP contribution in [0.2, 0.25) is 0 Å². The molecule has 0 atom stereocenters. The molecule has 0 N–H and O–H groups in total. The Morgan fingerprint density at radius 3 is 2.58 bits per heavy atom. The maximum Gasteiger partial charge on any atom is 0.363 e. The Kier molecular flexibility index (Phi) is 6.50. The monoisotopic (exact) mass is 508 g/mol. The van der Waals surface area contributed by atoms with Crippen LogP contribution < -0.4 is 9.47 Å². The van der Waals surface area contributed by atoms with Crippen molar-refractivity contribution in [3.8, 4) is 11.5 Å². The Bertz CT molecular complexity index is 1280. The lowest BCUT2D eigenvalue weighted by molar-refractivity contribution is -0.384. The van der Waals surface area contributed by atoms with Gasteiger partial charge >= 0.3 is 5.97 Å². The molecule has 3 aromatic carbocycles. The van der Waals surface area contributed by atoms with Crippen molar-refractivity contribution in [3.05, 3.63) is 104 Å². The van der Waals surface area contributed by atoms with Crippen molar-refractivity contribution in [1.82, 2.24) is 0 Å². The molecular weight excluding hydrogens is 492 g/mol. The van der Waals surface area contributed by atoms with E-state index < -0.39 is 10.9 Å². The number of ether oxygens (including phenoxy) is 3. The molecule has 0 amide bonds. The van der Waals surface area contributed by atoms with Crippen LogP contribution in [0.3, 0.4) is 0 Å². The van der Waals surface area contributed by atoms with Crippen molar-refractivity contribution in [2.75, 3.05) is 7.11 Å². The topological polar surface area (TPSA) is 100 Å². The Morgan fingerprint density at radius 1 is 1.09 bits per heavy atom. The van der Waals surface area contributed by atoms with Gasteiger partial charge in [0.05, 0.1) is 12.0 Å². The molecule has 0 radical (unpaired) electrons. The zero-order valence-electron chi connectivity index (χ0n) is 17.4. The summed E-state index contributed by atoms with van der Waals surface area (Å²) in [5, 5.41) is 10.8. The number of carbonyl (C=O) groups excluding carboxylic acids is 1.